The van der Waals surface area contributed by atoms with E-state index in [0.29, 0.717) is 0 Å². The number of rotatable bonds is 2. The van der Waals surface area contributed by atoms with Crippen molar-refractivity contribution in [3.8, 4) is 0 Å². The van der Waals surface area contributed by atoms with Gasteiger partial charge in [0.25, 0.3) is 0 Å². The zero-order valence-corrected chi connectivity index (χ0v) is 10.1. The minimum atomic E-state index is 0.782. The van der Waals surface area contributed by atoms with Gasteiger partial charge in [0.15, 0.2) is 0 Å². The molecule has 2 unspecified atom stereocenters. The van der Waals surface area contributed by atoms with Crippen LogP contribution in [0, 0.1) is 5.92 Å². The Bertz CT molecular complexity index is 243. The lowest BCUT2D eigenvalue weighted by atomic mass is 9.85. The Morgan fingerprint density at radius 3 is 3.08 bits per heavy atom. The molecule has 2 heteroatoms. The molecule has 0 aliphatic heterocycles. The molecule has 1 fully saturated rings. The quantitative estimate of drug-likeness (QED) is 0.697. The summed E-state index contributed by atoms with van der Waals surface area (Å²) in [6.07, 6.45) is 6.88. The minimum absolute atomic E-state index is 0.782. The van der Waals surface area contributed by atoms with Crippen LogP contribution in [0.15, 0.2) is 16.8 Å². The molecule has 2 atom stereocenters. The van der Waals surface area contributed by atoms with Crippen LogP contribution in [0.2, 0.25) is 0 Å². The summed E-state index contributed by atoms with van der Waals surface area (Å²) in [6, 6.07) is 2.27. The van der Waals surface area contributed by atoms with Gasteiger partial charge in [-0.15, -0.1) is 0 Å². The second-order valence-electron chi connectivity index (χ2n) is 3.97. The summed E-state index contributed by atoms with van der Waals surface area (Å²) < 4.78 is 0. The maximum Gasteiger partial charge on any atom is 0.0148 e. The number of alkyl halides is 1. The van der Waals surface area contributed by atoms with Gasteiger partial charge in [-0.25, -0.2) is 0 Å². The molecule has 0 N–H and O–H groups in total. The predicted molar refractivity (Wildman–Crippen MR) is 62.7 cm³/mol. The van der Waals surface area contributed by atoms with Crippen LogP contribution in [0.4, 0.5) is 0 Å². The first-order chi connectivity index (χ1) is 6.34. The minimum Gasteiger partial charge on any atom is -0.152 e. The smallest absolute Gasteiger partial charge is 0.0148 e. The monoisotopic (exact) mass is 258 g/mol. The van der Waals surface area contributed by atoms with Gasteiger partial charge in [-0.3, -0.25) is 0 Å². The Labute approximate surface area is 92.5 Å². The molecule has 0 spiro atoms. The highest BCUT2D eigenvalue weighted by atomic mass is 79.9. The molecule has 72 valence electrons. The molecule has 1 aliphatic carbocycles. The van der Waals surface area contributed by atoms with Crippen LogP contribution in [0.1, 0.15) is 31.2 Å². The molecule has 1 aromatic rings. The van der Waals surface area contributed by atoms with Crippen LogP contribution in [0.25, 0.3) is 0 Å². The first-order valence-corrected chi connectivity index (χ1v) is 6.85. The van der Waals surface area contributed by atoms with E-state index in [1.807, 2.05) is 11.3 Å². The van der Waals surface area contributed by atoms with E-state index in [4.69, 9.17) is 0 Å². The first kappa shape index (κ1) is 9.72. The molecule has 0 amide bonds. The van der Waals surface area contributed by atoms with Gasteiger partial charge in [0.2, 0.25) is 0 Å². The van der Waals surface area contributed by atoms with Gasteiger partial charge in [0.05, 0.1) is 0 Å². The van der Waals surface area contributed by atoms with E-state index < -0.39 is 0 Å². The standard InChI is InChI=1S/C11H15BrS/c12-11-3-1-2-9(7-11)6-10-4-5-13-8-10/h4-5,8-9,11H,1-3,6-7H2. The number of thiophene rings is 1. The maximum absolute atomic E-state index is 3.74. The second-order valence-corrected chi connectivity index (χ2v) is 6.04. The van der Waals surface area contributed by atoms with Crippen molar-refractivity contribution >= 4 is 27.3 Å². The highest BCUT2D eigenvalue weighted by molar-refractivity contribution is 9.09. The van der Waals surface area contributed by atoms with Crippen molar-refractivity contribution in [1.29, 1.82) is 0 Å². The molecule has 2 rings (SSSR count). The first-order valence-electron chi connectivity index (χ1n) is 5.00. The Morgan fingerprint density at radius 1 is 1.46 bits per heavy atom. The molecule has 1 aliphatic rings. The van der Waals surface area contributed by atoms with Gasteiger partial charge >= 0.3 is 0 Å². The van der Waals surface area contributed by atoms with Crippen LogP contribution in [-0.4, -0.2) is 4.83 Å². The van der Waals surface area contributed by atoms with Crippen molar-refractivity contribution in [3.05, 3.63) is 22.4 Å². The summed E-state index contributed by atoms with van der Waals surface area (Å²) in [5.74, 6) is 0.924. The number of halogens is 1. The van der Waals surface area contributed by atoms with Crippen LogP contribution in [0.5, 0.6) is 0 Å². The van der Waals surface area contributed by atoms with Crippen LogP contribution < -0.4 is 0 Å². The lowest BCUT2D eigenvalue weighted by molar-refractivity contribution is 0.368. The van der Waals surface area contributed by atoms with Gasteiger partial charge in [-0.05, 0) is 47.6 Å². The van der Waals surface area contributed by atoms with Crippen molar-refractivity contribution in [2.24, 2.45) is 5.92 Å². The van der Waals surface area contributed by atoms with Crippen molar-refractivity contribution in [2.75, 3.05) is 0 Å². The third-order valence-corrected chi connectivity index (χ3v) is 4.39. The molecule has 1 aromatic heterocycles. The molecule has 0 nitrogen and oxygen atoms in total. The summed E-state index contributed by atoms with van der Waals surface area (Å²) in [5, 5.41) is 4.47. The highest BCUT2D eigenvalue weighted by Gasteiger charge is 2.19. The Hall–Kier alpha value is 0.180. The Morgan fingerprint density at radius 2 is 2.38 bits per heavy atom. The maximum atomic E-state index is 3.74. The molecule has 1 saturated carbocycles. The Kier molecular flexibility index (Phi) is 3.45. The van der Waals surface area contributed by atoms with E-state index in [1.165, 1.54) is 37.7 Å². The van der Waals surface area contributed by atoms with Crippen LogP contribution >= 0.6 is 27.3 Å². The average molecular weight is 259 g/mol. The van der Waals surface area contributed by atoms with Gasteiger partial charge in [-0.2, -0.15) is 11.3 Å². The summed E-state index contributed by atoms with van der Waals surface area (Å²) in [6.45, 7) is 0. The number of hydrogen-bond acceptors (Lipinski definition) is 1. The topological polar surface area (TPSA) is 0 Å². The molecular weight excluding hydrogens is 244 g/mol. The fourth-order valence-corrected chi connectivity index (χ4v) is 3.69. The molecule has 0 aromatic carbocycles. The third-order valence-electron chi connectivity index (χ3n) is 2.82. The van der Waals surface area contributed by atoms with Gasteiger partial charge in [0, 0.05) is 4.83 Å². The zero-order valence-electron chi connectivity index (χ0n) is 7.71. The lowest BCUT2D eigenvalue weighted by Gasteiger charge is -2.25. The second kappa shape index (κ2) is 4.61. The third kappa shape index (κ3) is 2.81. The molecule has 0 radical (unpaired) electrons. The Balaban J connectivity index is 1.87. The van der Waals surface area contributed by atoms with E-state index in [1.54, 1.807) is 0 Å². The van der Waals surface area contributed by atoms with E-state index in [-0.39, 0.29) is 0 Å². The summed E-state index contributed by atoms with van der Waals surface area (Å²) in [5.41, 5.74) is 1.54. The van der Waals surface area contributed by atoms with Crippen molar-refractivity contribution in [3.63, 3.8) is 0 Å². The SMILES string of the molecule is BrC1CCCC(Cc2ccsc2)C1. The lowest BCUT2D eigenvalue weighted by Crippen LogP contribution is -2.16. The van der Waals surface area contributed by atoms with Crippen LogP contribution in [-0.2, 0) is 6.42 Å². The zero-order chi connectivity index (χ0) is 9.10. The molecule has 13 heavy (non-hydrogen) atoms. The average Bonchev–Trinajstić information content (AvgIpc) is 2.57. The van der Waals surface area contributed by atoms with Gasteiger partial charge in [-0.1, -0.05) is 28.8 Å². The highest BCUT2D eigenvalue weighted by Crippen LogP contribution is 2.31. The molecule has 1 heterocycles. The van der Waals surface area contributed by atoms with Gasteiger partial charge < -0.3 is 0 Å². The van der Waals surface area contributed by atoms with Crippen molar-refractivity contribution in [2.45, 2.75) is 36.9 Å². The summed E-state index contributed by atoms with van der Waals surface area (Å²) in [4.78, 5) is 0.782. The molecule has 0 bridgehead atoms. The van der Waals surface area contributed by atoms with E-state index in [2.05, 4.69) is 32.8 Å². The van der Waals surface area contributed by atoms with Crippen LogP contribution in [0.3, 0.4) is 0 Å². The van der Waals surface area contributed by atoms with Crippen molar-refractivity contribution in [1.82, 2.24) is 0 Å². The van der Waals surface area contributed by atoms with E-state index in [9.17, 15) is 0 Å². The fraction of sp³-hybridized carbons (Fsp3) is 0.636. The van der Waals surface area contributed by atoms with Crippen molar-refractivity contribution < 1.29 is 0 Å². The normalized spacial score (nSPS) is 29.0. The van der Waals surface area contributed by atoms with E-state index in [0.717, 1.165) is 10.7 Å². The number of hydrogen-bond donors (Lipinski definition) is 0. The summed E-state index contributed by atoms with van der Waals surface area (Å²) >= 11 is 5.55. The molecular formula is C11H15BrS. The predicted octanol–water partition coefficient (Wildman–Crippen LogP) is 4.24. The van der Waals surface area contributed by atoms with E-state index >= 15 is 0 Å². The largest absolute Gasteiger partial charge is 0.152 e. The van der Waals surface area contributed by atoms with Gasteiger partial charge in [0.1, 0.15) is 0 Å². The fourth-order valence-electron chi connectivity index (χ4n) is 2.15. The summed E-state index contributed by atoms with van der Waals surface area (Å²) in [7, 11) is 0. The molecule has 0 saturated heterocycles.